The molecule has 0 radical (unpaired) electrons. The summed E-state index contributed by atoms with van der Waals surface area (Å²) < 4.78 is 6.12. The third-order valence-corrected chi connectivity index (χ3v) is 4.64. The van der Waals surface area contributed by atoms with Crippen molar-refractivity contribution in [3.05, 3.63) is 93.8 Å². The average Bonchev–Trinajstić information content (AvgIpc) is 2.67. The van der Waals surface area contributed by atoms with E-state index in [1.54, 1.807) is 13.1 Å². The smallest absolute Gasteiger partial charge is 0.153 e. The molecule has 0 saturated carbocycles. The Morgan fingerprint density at radius 1 is 1.00 bits per heavy atom. The molecule has 0 atom stereocenters. The van der Waals surface area contributed by atoms with Crippen LogP contribution in [0.1, 0.15) is 13.3 Å². The molecule has 3 rings (SSSR count). The van der Waals surface area contributed by atoms with Crippen LogP contribution in [-0.4, -0.2) is 12.8 Å². The van der Waals surface area contributed by atoms with Gasteiger partial charge in [0.25, 0.3) is 0 Å². The second kappa shape index (κ2) is 8.94. The van der Waals surface area contributed by atoms with Crippen molar-refractivity contribution in [2.45, 2.75) is 13.3 Å². The molecule has 0 saturated heterocycles. The van der Waals surface area contributed by atoms with E-state index >= 15 is 0 Å². The van der Waals surface area contributed by atoms with Gasteiger partial charge in [0.2, 0.25) is 0 Å². The van der Waals surface area contributed by atoms with Gasteiger partial charge in [-0.15, -0.1) is 0 Å². The van der Waals surface area contributed by atoms with Gasteiger partial charge in [0.15, 0.2) is 5.76 Å². The van der Waals surface area contributed by atoms with E-state index in [-0.39, 0.29) is 0 Å². The average molecular weight is 399 g/mol. The molecule has 0 amide bonds. The second-order valence-corrected chi connectivity index (χ2v) is 6.69. The SMILES string of the molecule is CC/C=C1/C=C(Nc2ccccc2Cl)C(Oc2ccccc2Cl)=CC1=NC. The van der Waals surface area contributed by atoms with E-state index in [0.717, 1.165) is 29.1 Å². The summed E-state index contributed by atoms with van der Waals surface area (Å²) in [6, 6.07) is 15.0. The summed E-state index contributed by atoms with van der Waals surface area (Å²) in [7, 11) is 1.77. The molecule has 2 aromatic rings. The number of hydrogen-bond acceptors (Lipinski definition) is 3. The summed E-state index contributed by atoms with van der Waals surface area (Å²) >= 11 is 12.6. The third kappa shape index (κ3) is 4.62. The molecule has 0 fully saturated rings. The van der Waals surface area contributed by atoms with E-state index in [1.165, 1.54) is 0 Å². The maximum Gasteiger partial charge on any atom is 0.153 e. The molecule has 0 aromatic heterocycles. The van der Waals surface area contributed by atoms with Crippen molar-refractivity contribution in [3.63, 3.8) is 0 Å². The number of ether oxygens (including phenoxy) is 1. The Morgan fingerprint density at radius 2 is 1.70 bits per heavy atom. The Bertz CT molecular complexity index is 958. The third-order valence-electron chi connectivity index (χ3n) is 3.99. The zero-order valence-electron chi connectivity index (χ0n) is 15.2. The first kappa shape index (κ1) is 19.3. The highest BCUT2D eigenvalue weighted by Gasteiger charge is 2.19. The van der Waals surface area contributed by atoms with Crippen LogP contribution in [0.15, 0.2) is 88.8 Å². The number of aliphatic imine (C=N–C) groups is 1. The molecular formula is C22H20Cl2N2O. The molecule has 27 heavy (non-hydrogen) atoms. The molecule has 3 nitrogen and oxygen atoms in total. The van der Waals surface area contributed by atoms with Crippen molar-refractivity contribution in [2.75, 3.05) is 12.4 Å². The highest BCUT2D eigenvalue weighted by molar-refractivity contribution is 6.33. The molecule has 1 N–H and O–H groups in total. The molecule has 0 spiro atoms. The van der Waals surface area contributed by atoms with Crippen molar-refractivity contribution in [1.29, 1.82) is 0 Å². The largest absolute Gasteiger partial charge is 0.454 e. The topological polar surface area (TPSA) is 33.6 Å². The van der Waals surface area contributed by atoms with Gasteiger partial charge in [-0.25, -0.2) is 0 Å². The van der Waals surface area contributed by atoms with Crippen LogP contribution in [0.4, 0.5) is 5.69 Å². The predicted octanol–water partition coefficient (Wildman–Crippen LogP) is 6.67. The van der Waals surface area contributed by atoms with Gasteiger partial charge in [-0.2, -0.15) is 0 Å². The zero-order valence-corrected chi connectivity index (χ0v) is 16.7. The molecule has 0 bridgehead atoms. The lowest BCUT2D eigenvalue weighted by Gasteiger charge is -2.21. The van der Waals surface area contributed by atoms with Crippen molar-refractivity contribution in [2.24, 2.45) is 4.99 Å². The Balaban J connectivity index is 2.01. The number of hydrogen-bond donors (Lipinski definition) is 1. The molecule has 2 aromatic carbocycles. The van der Waals surface area contributed by atoms with Gasteiger partial charge in [-0.1, -0.05) is 60.5 Å². The van der Waals surface area contributed by atoms with E-state index < -0.39 is 0 Å². The van der Waals surface area contributed by atoms with E-state index in [1.807, 2.05) is 54.6 Å². The Morgan fingerprint density at radius 3 is 2.37 bits per heavy atom. The monoisotopic (exact) mass is 398 g/mol. The standard InChI is InChI=1S/C22H20Cl2N2O/c1-3-8-15-13-20(26-18-11-6-4-9-16(18)23)22(14-19(15)25-2)27-21-12-7-5-10-17(21)24/h4-14,26H,3H2,1-2H3/b15-8-,25-19?. The molecule has 0 aliphatic heterocycles. The van der Waals surface area contributed by atoms with Crippen LogP contribution in [0.25, 0.3) is 0 Å². The Hall–Kier alpha value is -2.49. The number of nitrogens with one attached hydrogen (secondary N) is 1. The second-order valence-electron chi connectivity index (χ2n) is 5.88. The van der Waals surface area contributed by atoms with Crippen molar-refractivity contribution in [1.82, 2.24) is 0 Å². The van der Waals surface area contributed by atoms with Crippen LogP contribution in [0, 0.1) is 0 Å². The van der Waals surface area contributed by atoms with E-state index in [0.29, 0.717) is 21.6 Å². The summed E-state index contributed by atoms with van der Waals surface area (Å²) in [6.45, 7) is 2.09. The fourth-order valence-corrected chi connectivity index (χ4v) is 3.06. The lowest BCUT2D eigenvalue weighted by molar-refractivity contribution is 0.437. The maximum absolute atomic E-state index is 6.32. The van der Waals surface area contributed by atoms with Gasteiger partial charge in [0.05, 0.1) is 27.1 Å². The Labute approximate surface area is 169 Å². The van der Waals surface area contributed by atoms with E-state index in [2.05, 4.69) is 23.3 Å². The number of anilines is 1. The molecule has 0 unspecified atom stereocenters. The quantitative estimate of drug-likeness (QED) is 0.609. The lowest BCUT2D eigenvalue weighted by atomic mass is 10.0. The predicted molar refractivity (Wildman–Crippen MR) is 115 cm³/mol. The molecule has 0 heterocycles. The van der Waals surface area contributed by atoms with Gasteiger partial charge >= 0.3 is 0 Å². The van der Waals surface area contributed by atoms with Crippen LogP contribution in [0.3, 0.4) is 0 Å². The van der Waals surface area contributed by atoms with Crippen molar-refractivity contribution < 1.29 is 4.74 Å². The fourth-order valence-electron chi connectivity index (χ4n) is 2.70. The van der Waals surface area contributed by atoms with Gasteiger partial charge in [0.1, 0.15) is 5.75 Å². The summed E-state index contributed by atoms with van der Waals surface area (Å²) in [4.78, 5) is 4.38. The minimum absolute atomic E-state index is 0.542. The van der Waals surface area contributed by atoms with Crippen molar-refractivity contribution >= 4 is 34.6 Å². The van der Waals surface area contributed by atoms with Crippen LogP contribution in [0.5, 0.6) is 5.75 Å². The first-order valence-corrected chi connectivity index (χ1v) is 9.43. The van der Waals surface area contributed by atoms with E-state index in [4.69, 9.17) is 27.9 Å². The lowest BCUT2D eigenvalue weighted by Crippen LogP contribution is -2.16. The van der Waals surface area contributed by atoms with Gasteiger partial charge < -0.3 is 10.1 Å². The normalized spacial score (nSPS) is 16.9. The molecular weight excluding hydrogens is 379 g/mol. The summed E-state index contributed by atoms with van der Waals surface area (Å²) in [6.07, 6.45) is 6.95. The molecule has 1 aliphatic carbocycles. The van der Waals surface area contributed by atoms with Crippen LogP contribution in [-0.2, 0) is 0 Å². The molecule has 1 aliphatic rings. The Kier molecular flexibility index (Phi) is 6.38. The highest BCUT2D eigenvalue weighted by Crippen LogP contribution is 2.32. The van der Waals surface area contributed by atoms with Crippen LogP contribution < -0.4 is 10.1 Å². The van der Waals surface area contributed by atoms with Gasteiger partial charge in [0, 0.05) is 13.1 Å². The van der Waals surface area contributed by atoms with Gasteiger partial charge in [-0.3, -0.25) is 4.99 Å². The van der Waals surface area contributed by atoms with Crippen molar-refractivity contribution in [3.8, 4) is 5.75 Å². The number of allylic oxidation sites excluding steroid dienone is 4. The van der Waals surface area contributed by atoms with Crippen LogP contribution >= 0.6 is 23.2 Å². The van der Waals surface area contributed by atoms with Gasteiger partial charge in [-0.05, 0) is 42.3 Å². The fraction of sp³-hybridized carbons (Fsp3) is 0.136. The molecule has 5 heteroatoms. The number of benzene rings is 2. The summed E-state index contributed by atoms with van der Waals surface area (Å²) in [5.41, 5.74) is 3.46. The number of para-hydroxylation sites is 2. The minimum atomic E-state index is 0.542. The van der Waals surface area contributed by atoms with Crippen LogP contribution in [0.2, 0.25) is 10.0 Å². The number of halogens is 2. The van der Waals surface area contributed by atoms with E-state index in [9.17, 15) is 0 Å². The zero-order chi connectivity index (χ0) is 19.2. The minimum Gasteiger partial charge on any atom is -0.454 e. The number of rotatable bonds is 5. The summed E-state index contributed by atoms with van der Waals surface area (Å²) in [5, 5.41) is 4.54. The first-order valence-electron chi connectivity index (χ1n) is 8.67. The first-order chi connectivity index (χ1) is 13.1. The molecule has 138 valence electrons. The number of nitrogens with zero attached hydrogens (tertiary/aromatic N) is 1. The maximum atomic E-state index is 6.32. The summed E-state index contributed by atoms with van der Waals surface area (Å²) in [5.74, 6) is 1.20. The highest BCUT2D eigenvalue weighted by atomic mass is 35.5.